The van der Waals surface area contributed by atoms with E-state index in [1.165, 1.54) is 12.1 Å². The van der Waals surface area contributed by atoms with Crippen LogP contribution in [0.3, 0.4) is 0 Å². The molecule has 1 aromatic heterocycles. The van der Waals surface area contributed by atoms with Crippen LogP contribution in [0.25, 0.3) is 5.69 Å². The van der Waals surface area contributed by atoms with E-state index in [2.05, 4.69) is 4.98 Å². The fourth-order valence-corrected chi connectivity index (χ4v) is 3.50. The van der Waals surface area contributed by atoms with Gasteiger partial charge < -0.3 is 14.6 Å². The van der Waals surface area contributed by atoms with Gasteiger partial charge in [-0.05, 0) is 42.0 Å². The van der Waals surface area contributed by atoms with E-state index < -0.39 is 0 Å². The van der Waals surface area contributed by atoms with Gasteiger partial charge in [-0.25, -0.2) is 4.39 Å². The van der Waals surface area contributed by atoms with Gasteiger partial charge in [-0.1, -0.05) is 30.3 Å². The number of para-hydroxylation sites is 1. The number of rotatable bonds is 3. The Balaban J connectivity index is 1.60. The summed E-state index contributed by atoms with van der Waals surface area (Å²) in [6.45, 7) is 1.31. The SMILES string of the molecule is O=C(c1c[nH]c(=S)n1-c1ccccc1)N1CCOC(c2ccc(F)cc2)C1. The molecule has 0 bridgehead atoms. The fourth-order valence-electron chi connectivity index (χ4n) is 3.23. The molecule has 1 fully saturated rings. The number of hydrogen-bond donors (Lipinski definition) is 1. The molecule has 0 spiro atoms. The number of halogens is 1. The molecule has 3 aromatic rings. The third kappa shape index (κ3) is 3.56. The van der Waals surface area contributed by atoms with Crippen LogP contribution in [0.2, 0.25) is 0 Å². The first-order chi connectivity index (χ1) is 13.1. The number of amides is 1. The number of carbonyl (C=O) groups is 1. The topological polar surface area (TPSA) is 50.3 Å². The molecule has 0 saturated carbocycles. The van der Waals surface area contributed by atoms with Gasteiger partial charge in [0.15, 0.2) is 4.77 Å². The Hall–Kier alpha value is -2.77. The van der Waals surface area contributed by atoms with Crippen molar-refractivity contribution in [2.45, 2.75) is 6.10 Å². The Labute approximate surface area is 161 Å². The van der Waals surface area contributed by atoms with Crippen LogP contribution in [0.4, 0.5) is 4.39 Å². The zero-order valence-corrected chi connectivity index (χ0v) is 15.3. The molecule has 7 heteroatoms. The minimum atomic E-state index is -0.295. The third-order valence-corrected chi connectivity index (χ3v) is 4.91. The number of H-pyrrole nitrogens is 1. The smallest absolute Gasteiger partial charge is 0.272 e. The molecule has 0 radical (unpaired) electrons. The van der Waals surface area contributed by atoms with Crippen LogP contribution >= 0.6 is 12.2 Å². The second-order valence-electron chi connectivity index (χ2n) is 6.31. The number of morpholine rings is 1. The quantitative estimate of drug-likeness (QED) is 0.698. The molecule has 1 saturated heterocycles. The van der Waals surface area contributed by atoms with Gasteiger partial charge in [0.1, 0.15) is 17.6 Å². The molecule has 1 unspecified atom stereocenters. The minimum Gasteiger partial charge on any atom is -0.370 e. The Kier molecular flexibility index (Phi) is 4.87. The van der Waals surface area contributed by atoms with Gasteiger partial charge in [0.2, 0.25) is 0 Å². The predicted molar refractivity (Wildman–Crippen MR) is 102 cm³/mol. The molecule has 138 valence electrons. The number of aromatic nitrogens is 2. The van der Waals surface area contributed by atoms with E-state index in [-0.39, 0.29) is 17.8 Å². The van der Waals surface area contributed by atoms with Crippen LogP contribution in [-0.2, 0) is 4.74 Å². The lowest BCUT2D eigenvalue weighted by molar-refractivity contribution is -0.0231. The number of benzene rings is 2. The lowest BCUT2D eigenvalue weighted by Crippen LogP contribution is -2.42. The van der Waals surface area contributed by atoms with Gasteiger partial charge in [-0.15, -0.1) is 0 Å². The maximum Gasteiger partial charge on any atom is 0.272 e. The Bertz CT molecular complexity index is 998. The predicted octanol–water partition coefficient (Wildman–Crippen LogP) is 3.89. The van der Waals surface area contributed by atoms with E-state index in [9.17, 15) is 9.18 Å². The van der Waals surface area contributed by atoms with Crippen LogP contribution in [0.1, 0.15) is 22.2 Å². The highest BCUT2D eigenvalue weighted by Crippen LogP contribution is 2.24. The van der Waals surface area contributed by atoms with Crippen LogP contribution in [0.15, 0.2) is 60.8 Å². The number of imidazole rings is 1. The van der Waals surface area contributed by atoms with Crippen molar-refractivity contribution >= 4 is 18.1 Å². The van der Waals surface area contributed by atoms with Gasteiger partial charge in [-0.2, -0.15) is 0 Å². The van der Waals surface area contributed by atoms with Crippen molar-refractivity contribution in [3.8, 4) is 5.69 Å². The Morgan fingerprint density at radius 2 is 1.89 bits per heavy atom. The van der Waals surface area contributed by atoms with Crippen molar-refractivity contribution in [1.29, 1.82) is 0 Å². The standard InChI is InChI=1S/C20H18FN3O2S/c21-15-8-6-14(7-9-15)18-13-23(10-11-26-18)19(25)17-12-22-20(27)24(17)16-4-2-1-3-5-16/h1-9,12,18H,10-11,13H2,(H,22,27). The van der Waals surface area contributed by atoms with Crippen LogP contribution < -0.4 is 0 Å². The summed E-state index contributed by atoms with van der Waals surface area (Å²) >= 11 is 5.36. The van der Waals surface area contributed by atoms with Crippen molar-refractivity contribution in [1.82, 2.24) is 14.5 Å². The molecule has 2 aromatic carbocycles. The summed E-state index contributed by atoms with van der Waals surface area (Å²) in [5.41, 5.74) is 2.16. The summed E-state index contributed by atoms with van der Waals surface area (Å²) < 4.78 is 21.2. The molecule has 5 nitrogen and oxygen atoms in total. The van der Waals surface area contributed by atoms with Gasteiger partial charge in [0.25, 0.3) is 5.91 Å². The fraction of sp³-hybridized carbons (Fsp3) is 0.200. The number of carbonyl (C=O) groups excluding carboxylic acids is 1. The van der Waals surface area contributed by atoms with Crippen LogP contribution in [0.5, 0.6) is 0 Å². The van der Waals surface area contributed by atoms with Crippen LogP contribution in [0, 0.1) is 10.6 Å². The molecule has 1 aliphatic rings. The highest BCUT2D eigenvalue weighted by atomic mass is 32.1. The van der Waals surface area contributed by atoms with Gasteiger partial charge in [-0.3, -0.25) is 9.36 Å². The lowest BCUT2D eigenvalue weighted by atomic mass is 10.1. The molecular weight excluding hydrogens is 365 g/mol. The Morgan fingerprint density at radius 3 is 2.63 bits per heavy atom. The monoisotopic (exact) mass is 383 g/mol. The molecular formula is C20H18FN3O2S. The first-order valence-corrected chi connectivity index (χ1v) is 9.06. The number of hydrogen-bond acceptors (Lipinski definition) is 3. The van der Waals surface area contributed by atoms with Crippen molar-refractivity contribution in [2.24, 2.45) is 0 Å². The summed E-state index contributed by atoms with van der Waals surface area (Å²) in [5.74, 6) is -0.418. The molecule has 1 aliphatic heterocycles. The summed E-state index contributed by atoms with van der Waals surface area (Å²) in [5, 5.41) is 0. The molecule has 1 atom stereocenters. The number of nitrogens with zero attached hydrogens (tertiary/aromatic N) is 2. The van der Waals surface area contributed by atoms with Crippen molar-refractivity contribution in [3.63, 3.8) is 0 Å². The van der Waals surface area contributed by atoms with Crippen LogP contribution in [-0.4, -0.2) is 40.1 Å². The molecule has 0 aliphatic carbocycles. The number of nitrogens with one attached hydrogen (secondary N) is 1. The summed E-state index contributed by atoms with van der Waals surface area (Å²) in [4.78, 5) is 17.9. The van der Waals surface area contributed by atoms with Gasteiger partial charge in [0, 0.05) is 18.4 Å². The Morgan fingerprint density at radius 1 is 1.15 bits per heavy atom. The first-order valence-electron chi connectivity index (χ1n) is 8.65. The normalized spacial score (nSPS) is 17.1. The average Bonchev–Trinajstić information content (AvgIpc) is 3.10. The lowest BCUT2D eigenvalue weighted by Gasteiger charge is -2.33. The summed E-state index contributed by atoms with van der Waals surface area (Å²) in [6.07, 6.45) is 1.36. The molecule has 2 heterocycles. The third-order valence-electron chi connectivity index (χ3n) is 4.61. The highest BCUT2D eigenvalue weighted by molar-refractivity contribution is 7.71. The first kappa shape index (κ1) is 17.6. The zero-order valence-electron chi connectivity index (χ0n) is 14.5. The number of ether oxygens (including phenoxy) is 1. The second kappa shape index (κ2) is 7.46. The maximum atomic E-state index is 13.2. The van der Waals surface area contributed by atoms with E-state index in [1.807, 2.05) is 30.3 Å². The molecule has 1 amide bonds. The summed E-state index contributed by atoms with van der Waals surface area (Å²) in [6, 6.07) is 15.7. The van der Waals surface area contributed by atoms with Crippen molar-refractivity contribution in [2.75, 3.05) is 19.7 Å². The maximum absolute atomic E-state index is 13.2. The van der Waals surface area contributed by atoms with Gasteiger partial charge in [0.05, 0.1) is 13.2 Å². The minimum absolute atomic E-state index is 0.124. The van der Waals surface area contributed by atoms with Gasteiger partial charge >= 0.3 is 0 Å². The summed E-state index contributed by atoms with van der Waals surface area (Å²) in [7, 11) is 0. The molecule has 1 N–H and O–H groups in total. The highest BCUT2D eigenvalue weighted by Gasteiger charge is 2.28. The average molecular weight is 383 g/mol. The second-order valence-corrected chi connectivity index (χ2v) is 6.70. The molecule has 4 rings (SSSR count). The largest absolute Gasteiger partial charge is 0.370 e. The van der Waals surface area contributed by atoms with E-state index >= 15 is 0 Å². The van der Waals surface area contributed by atoms with Crippen molar-refractivity contribution < 1.29 is 13.9 Å². The number of aromatic amines is 1. The molecule has 27 heavy (non-hydrogen) atoms. The zero-order chi connectivity index (χ0) is 18.8. The van der Waals surface area contributed by atoms with E-state index in [0.717, 1.165) is 11.3 Å². The van der Waals surface area contributed by atoms with E-state index in [4.69, 9.17) is 17.0 Å². The van der Waals surface area contributed by atoms with E-state index in [1.54, 1.807) is 27.8 Å². The van der Waals surface area contributed by atoms with E-state index in [0.29, 0.717) is 30.2 Å². The van der Waals surface area contributed by atoms with Crippen molar-refractivity contribution in [3.05, 3.63) is 82.6 Å².